The van der Waals surface area contributed by atoms with Crippen LogP contribution in [0.15, 0.2) is 17.6 Å². The number of esters is 1. The fourth-order valence-corrected chi connectivity index (χ4v) is 1.18. The molecule has 0 spiro atoms. The number of methoxy groups -OCH3 is 1. The number of imidazole rings is 1. The van der Waals surface area contributed by atoms with E-state index in [4.69, 9.17) is 0 Å². The second kappa shape index (κ2) is 4.02. The minimum absolute atomic E-state index is 0.244. The molecule has 0 atom stereocenters. The van der Waals surface area contributed by atoms with Gasteiger partial charge in [-0.2, -0.15) is 0 Å². The smallest absolute Gasteiger partial charge is 0.316 e. The lowest BCUT2D eigenvalue weighted by molar-refractivity contribution is -0.137. The Morgan fingerprint density at radius 2 is 2.73 bits per heavy atom. The monoisotopic (exact) mass is 172 g/mol. The molecule has 0 aliphatic carbocycles. The summed E-state index contributed by atoms with van der Waals surface area (Å²) in [5.74, 6) is 0.0516. The number of H-pyrrole nitrogens is 1. The molecular formula is C6H8N2O2S. The summed E-state index contributed by atoms with van der Waals surface area (Å²) in [5, 5.41) is 0.732. The van der Waals surface area contributed by atoms with Gasteiger partial charge in [-0.1, -0.05) is 11.8 Å². The van der Waals surface area contributed by atoms with Crippen molar-refractivity contribution in [2.75, 3.05) is 12.9 Å². The largest absolute Gasteiger partial charge is 0.468 e. The van der Waals surface area contributed by atoms with E-state index in [1.165, 1.54) is 18.9 Å². The summed E-state index contributed by atoms with van der Waals surface area (Å²) in [6.45, 7) is 0. The molecule has 0 unspecified atom stereocenters. The van der Waals surface area contributed by atoms with Gasteiger partial charge in [0, 0.05) is 12.4 Å². The average Bonchev–Trinajstić information content (AvgIpc) is 2.52. The van der Waals surface area contributed by atoms with E-state index in [1.54, 1.807) is 12.4 Å². The second-order valence-corrected chi connectivity index (χ2v) is 2.72. The Bertz CT molecular complexity index is 222. The summed E-state index contributed by atoms with van der Waals surface area (Å²) in [6, 6.07) is 0. The molecule has 1 heterocycles. The van der Waals surface area contributed by atoms with Crippen molar-refractivity contribution in [1.29, 1.82) is 0 Å². The van der Waals surface area contributed by atoms with Crippen LogP contribution < -0.4 is 0 Å². The van der Waals surface area contributed by atoms with Crippen LogP contribution in [0.25, 0.3) is 0 Å². The molecule has 0 aliphatic rings. The van der Waals surface area contributed by atoms with Gasteiger partial charge in [0.25, 0.3) is 0 Å². The van der Waals surface area contributed by atoms with Crippen LogP contribution in [0.5, 0.6) is 0 Å². The van der Waals surface area contributed by atoms with Crippen molar-refractivity contribution in [3.63, 3.8) is 0 Å². The van der Waals surface area contributed by atoms with E-state index in [9.17, 15) is 4.79 Å². The fourth-order valence-electron chi connectivity index (χ4n) is 0.516. The lowest BCUT2D eigenvalue weighted by atomic mass is 10.8. The van der Waals surface area contributed by atoms with Gasteiger partial charge in [-0.15, -0.1) is 0 Å². The SMILES string of the molecule is COC(=O)CSc1ncc[nH]1. The van der Waals surface area contributed by atoms with Gasteiger partial charge in [-0.3, -0.25) is 4.79 Å². The number of rotatable bonds is 3. The Morgan fingerprint density at radius 1 is 1.91 bits per heavy atom. The van der Waals surface area contributed by atoms with Gasteiger partial charge in [0.1, 0.15) is 0 Å². The van der Waals surface area contributed by atoms with E-state index in [1.807, 2.05) is 0 Å². The van der Waals surface area contributed by atoms with Crippen molar-refractivity contribution < 1.29 is 9.53 Å². The molecule has 0 radical (unpaired) electrons. The molecule has 1 N–H and O–H groups in total. The van der Waals surface area contributed by atoms with E-state index >= 15 is 0 Å². The van der Waals surface area contributed by atoms with Gasteiger partial charge in [-0.25, -0.2) is 4.98 Å². The first-order valence-electron chi connectivity index (χ1n) is 3.02. The Labute approximate surface area is 68.4 Å². The fraction of sp³-hybridized carbons (Fsp3) is 0.333. The van der Waals surface area contributed by atoms with Crippen LogP contribution in [0, 0.1) is 0 Å². The normalized spacial score (nSPS) is 9.55. The maximum Gasteiger partial charge on any atom is 0.316 e. The lowest BCUT2D eigenvalue weighted by Crippen LogP contribution is -2.02. The van der Waals surface area contributed by atoms with Crippen LogP contribution >= 0.6 is 11.8 Å². The number of carbonyl (C=O) groups excluding carboxylic acids is 1. The van der Waals surface area contributed by atoms with Gasteiger partial charge < -0.3 is 9.72 Å². The quantitative estimate of drug-likeness (QED) is 0.538. The first-order valence-corrected chi connectivity index (χ1v) is 4.00. The third-order valence-electron chi connectivity index (χ3n) is 1.03. The van der Waals surface area contributed by atoms with Gasteiger partial charge in [0.2, 0.25) is 0 Å². The topological polar surface area (TPSA) is 55.0 Å². The zero-order chi connectivity index (χ0) is 8.10. The summed E-state index contributed by atoms with van der Waals surface area (Å²) in [6.07, 6.45) is 3.35. The number of nitrogens with zero attached hydrogens (tertiary/aromatic N) is 1. The predicted octanol–water partition coefficient (Wildman–Crippen LogP) is 0.675. The van der Waals surface area contributed by atoms with E-state index in [0.29, 0.717) is 5.75 Å². The van der Waals surface area contributed by atoms with Crippen LogP contribution in [0.2, 0.25) is 0 Å². The van der Waals surface area contributed by atoms with Crippen molar-refractivity contribution >= 4 is 17.7 Å². The molecule has 5 heteroatoms. The number of aromatic amines is 1. The van der Waals surface area contributed by atoms with Crippen LogP contribution in [0.3, 0.4) is 0 Å². The van der Waals surface area contributed by atoms with E-state index in [-0.39, 0.29) is 5.97 Å². The Kier molecular flexibility index (Phi) is 2.97. The Morgan fingerprint density at radius 3 is 3.27 bits per heavy atom. The van der Waals surface area contributed by atoms with Gasteiger partial charge in [-0.05, 0) is 0 Å². The number of carbonyl (C=O) groups is 1. The molecule has 0 fully saturated rings. The number of ether oxygens (including phenoxy) is 1. The molecule has 0 amide bonds. The number of nitrogens with one attached hydrogen (secondary N) is 1. The molecule has 0 bridgehead atoms. The third kappa shape index (κ3) is 2.63. The van der Waals surface area contributed by atoms with E-state index in [2.05, 4.69) is 14.7 Å². The highest BCUT2D eigenvalue weighted by atomic mass is 32.2. The van der Waals surface area contributed by atoms with Crippen LogP contribution in [-0.4, -0.2) is 28.8 Å². The predicted molar refractivity (Wildman–Crippen MR) is 41.3 cm³/mol. The molecule has 60 valence electrons. The van der Waals surface area contributed by atoms with Crippen molar-refractivity contribution in [3.8, 4) is 0 Å². The van der Waals surface area contributed by atoms with Gasteiger partial charge in [0.15, 0.2) is 5.16 Å². The number of thioether (sulfide) groups is 1. The van der Waals surface area contributed by atoms with Crippen LogP contribution in [0.1, 0.15) is 0 Å². The molecule has 1 rings (SSSR count). The maximum absolute atomic E-state index is 10.6. The highest BCUT2D eigenvalue weighted by Crippen LogP contribution is 2.10. The summed E-state index contributed by atoms with van der Waals surface area (Å²) < 4.78 is 4.45. The Hall–Kier alpha value is -0.970. The van der Waals surface area contributed by atoms with Crippen molar-refractivity contribution in [1.82, 2.24) is 9.97 Å². The molecule has 4 nitrogen and oxygen atoms in total. The molecule has 1 aromatic rings. The molecule has 0 aliphatic heterocycles. The number of aromatic nitrogens is 2. The van der Waals surface area contributed by atoms with Crippen molar-refractivity contribution in [2.24, 2.45) is 0 Å². The highest BCUT2D eigenvalue weighted by Gasteiger charge is 2.01. The Balaban J connectivity index is 2.29. The van der Waals surface area contributed by atoms with E-state index in [0.717, 1.165) is 5.16 Å². The van der Waals surface area contributed by atoms with Crippen LogP contribution in [0.4, 0.5) is 0 Å². The molecule has 0 saturated heterocycles. The second-order valence-electron chi connectivity index (χ2n) is 1.76. The highest BCUT2D eigenvalue weighted by molar-refractivity contribution is 7.99. The third-order valence-corrected chi connectivity index (χ3v) is 1.90. The summed E-state index contributed by atoms with van der Waals surface area (Å²) in [5.41, 5.74) is 0. The lowest BCUT2D eigenvalue weighted by Gasteiger charge is -1.94. The minimum atomic E-state index is -0.244. The summed E-state index contributed by atoms with van der Waals surface area (Å²) in [7, 11) is 1.37. The first kappa shape index (κ1) is 8.13. The minimum Gasteiger partial charge on any atom is -0.468 e. The molecule has 0 aromatic carbocycles. The van der Waals surface area contributed by atoms with E-state index < -0.39 is 0 Å². The van der Waals surface area contributed by atoms with Crippen LogP contribution in [-0.2, 0) is 9.53 Å². The van der Waals surface area contributed by atoms with Crippen molar-refractivity contribution in [2.45, 2.75) is 5.16 Å². The van der Waals surface area contributed by atoms with Gasteiger partial charge >= 0.3 is 5.97 Å². The molecular weight excluding hydrogens is 164 g/mol. The first-order chi connectivity index (χ1) is 5.33. The molecule has 1 aromatic heterocycles. The molecule has 0 saturated carbocycles. The van der Waals surface area contributed by atoms with Gasteiger partial charge in [0.05, 0.1) is 12.9 Å². The number of hydrogen-bond donors (Lipinski definition) is 1. The standard InChI is InChI=1S/C6H8N2O2S/c1-10-5(9)4-11-6-7-2-3-8-6/h2-3H,4H2,1H3,(H,7,8). The zero-order valence-electron chi connectivity index (χ0n) is 6.03. The maximum atomic E-state index is 10.6. The molecule has 11 heavy (non-hydrogen) atoms. The summed E-state index contributed by atoms with van der Waals surface area (Å²) in [4.78, 5) is 17.4. The summed E-state index contributed by atoms with van der Waals surface area (Å²) >= 11 is 1.32. The zero-order valence-corrected chi connectivity index (χ0v) is 6.85. The number of hydrogen-bond acceptors (Lipinski definition) is 4. The van der Waals surface area contributed by atoms with Crippen molar-refractivity contribution in [3.05, 3.63) is 12.4 Å². The average molecular weight is 172 g/mol.